The topological polar surface area (TPSA) is 103 Å². The summed E-state index contributed by atoms with van der Waals surface area (Å²) in [6, 6.07) is -0.668. The summed E-state index contributed by atoms with van der Waals surface area (Å²) < 4.78 is 4.61. The lowest BCUT2D eigenvalue weighted by molar-refractivity contribution is -0.300. The van der Waals surface area contributed by atoms with Crippen LogP contribution in [-0.2, 0) is 24.1 Å². The standard InChI is InChI=1S/C14H26N2O6/c1-10(17)16-11(12(18)20-5)8-6-7-9-15-13(19)21-22-14(2,3)4/h11H,6-9H2,1-5H3,(H,15,19)(H,16,17)/t11-/m0/s1. The Hall–Kier alpha value is -1.83. The highest BCUT2D eigenvalue weighted by atomic mass is 17.2. The van der Waals surface area contributed by atoms with Crippen molar-refractivity contribution in [2.75, 3.05) is 13.7 Å². The van der Waals surface area contributed by atoms with Crippen LogP contribution in [0.25, 0.3) is 0 Å². The number of unbranched alkanes of at least 4 members (excludes halogenated alkanes) is 1. The fourth-order valence-electron chi connectivity index (χ4n) is 1.49. The number of ether oxygens (including phenoxy) is 1. The van der Waals surface area contributed by atoms with Crippen LogP contribution in [0.4, 0.5) is 4.79 Å². The van der Waals surface area contributed by atoms with Gasteiger partial charge in [-0.15, -0.1) is 0 Å². The molecule has 0 aliphatic heterocycles. The number of hydrogen-bond donors (Lipinski definition) is 2. The summed E-state index contributed by atoms with van der Waals surface area (Å²) in [5.41, 5.74) is -0.566. The second-order valence-electron chi connectivity index (χ2n) is 5.77. The Kier molecular flexibility index (Phi) is 9.16. The lowest BCUT2D eigenvalue weighted by Gasteiger charge is -2.17. The van der Waals surface area contributed by atoms with Gasteiger partial charge in [-0.3, -0.25) is 9.68 Å². The van der Waals surface area contributed by atoms with Crippen LogP contribution in [0.3, 0.4) is 0 Å². The third-order valence-electron chi connectivity index (χ3n) is 2.42. The van der Waals surface area contributed by atoms with Gasteiger partial charge in [0.25, 0.3) is 0 Å². The molecule has 0 aliphatic rings. The Morgan fingerprint density at radius 3 is 2.27 bits per heavy atom. The normalized spacial score (nSPS) is 12.2. The van der Waals surface area contributed by atoms with Crippen molar-refractivity contribution in [2.24, 2.45) is 0 Å². The molecule has 0 radical (unpaired) electrons. The van der Waals surface area contributed by atoms with E-state index < -0.39 is 23.7 Å². The molecule has 1 atom stereocenters. The van der Waals surface area contributed by atoms with Crippen molar-refractivity contribution < 1.29 is 28.9 Å². The Morgan fingerprint density at radius 2 is 1.77 bits per heavy atom. The molecule has 0 heterocycles. The summed E-state index contributed by atoms with van der Waals surface area (Å²) in [7, 11) is 1.27. The highest BCUT2D eigenvalue weighted by Gasteiger charge is 2.19. The fourth-order valence-corrected chi connectivity index (χ4v) is 1.49. The average Bonchev–Trinajstić information content (AvgIpc) is 2.41. The van der Waals surface area contributed by atoms with Crippen LogP contribution in [0.5, 0.6) is 0 Å². The quantitative estimate of drug-likeness (QED) is 0.302. The summed E-state index contributed by atoms with van der Waals surface area (Å²) >= 11 is 0. The van der Waals surface area contributed by atoms with Crippen LogP contribution >= 0.6 is 0 Å². The zero-order valence-electron chi connectivity index (χ0n) is 13.9. The molecular weight excluding hydrogens is 292 g/mol. The summed E-state index contributed by atoms with van der Waals surface area (Å²) in [6.45, 7) is 6.99. The Bertz CT molecular complexity index is 378. The molecule has 2 N–H and O–H groups in total. The molecule has 0 rings (SSSR count). The molecule has 0 aliphatic carbocycles. The fraction of sp³-hybridized carbons (Fsp3) is 0.786. The van der Waals surface area contributed by atoms with E-state index in [0.717, 1.165) is 0 Å². The molecule has 128 valence electrons. The third-order valence-corrected chi connectivity index (χ3v) is 2.42. The van der Waals surface area contributed by atoms with Crippen LogP contribution in [-0.4, -0.2) is 43.3 Å². The van der Waals surface area contributed by atoms with Gasteiger partial charge in [-0.1, -0.05) is 0 Å². The Labute approximate surface area is 130 Å². The van der Waals surface area contributed by atoms with Crippen LogP contribution in [0.15, 0.2) is 0 Å². The second kappa shape index (κ2) is 9.99. The SMILES string of the molecule is COC(=O)[C@H](CCCCNC(=O)OOC(C)(C)C)NC(C)=O. The van der Waals surface area contributed by atoms with Gasteiger partial charge in [0, 0.05) is 13.5 Å². The van der Waals surface area contributed by atoms with Gasteiger partial charge < -0.3 is 15.4 Å². The van der Waals surface area contributed by atoms with Gasteiger partial charge in [0.15, 0.2) is 0 Å². The summed E-state index contributed by atoms with van der Waals surface area (Å²) in [6.07, 6.45) is 1.01. The molecule has 0 aromatic heterocycles. The maximum absolute atomic E-state index is 11.5. The van der Waals surface area contributed by atoms with Crippen LogP contribution in [0, 0.1) is 0 Å². The number of hydrogen-bond acceptors (Lipinski definition) is 6. The molecule has 22 heavy (non-hydrogen) atoms. The maximum Gasteiger partial charge on any atom is 0.438 e. The van der Waals surface area contributed by atoms with Crippen molar-refractivity contribution in [3.63, 3.8) is 0 Å². The molecule has 0 unspecified atom stereocenters. The van der Waals surface area contributed by atoms with E-state index in [0.29, 0.717) is 25.8 Å². The number of carbonyl (C=O) groups is 3. The van der Waals surface area contributed by atoms with E-state index in [-0.39, 0.29) is 5.91 Å². The van der Waals surface area contributed by atoms with Gasteiger partial charge in [0.2, 0.25) is 5.91 Å². The van der Waals surface area contributed by atoms with Gasteiger partial charge in [0.05, 0.1) is 7.11 Å². The minimum atomic E-state index is -0.668. The first-order valence-corrected chi connectivity index (χ1v) is 7.14. The average molecular weight is 318 g/mol. The maximum atomic E-state index is 11.5. The molecule has 0 aromatic rings. The molecule has 0 bridgehead atoms. The number of rotatable bonds is 8. The van der Waals surface area contributed by atoms with E-state index in [4.69, 9.17) is 4.89 Å². The van der Waals surface area contributed by atoms with E-state index >= 15 is 0 Å². The first-order valence-electron chi connectivity index (χ1n) is 7.14. The molecule has 0 saturated heterocycles. The number of carbonyl (C=O) groups excluding carboxylic acids is 3. The molecular formula is C14H26N2O6. The summed E-state index contributed by atoms with van der Waals surface area (Å²) in [5, 5.41) is 5.04. The van der Waals surface area contributed by atoms with Crippen molar-refractivity contribution in [2.45, 2.75) is 58.6 Å². The predicted molar refractivity (Wildman–Crippen MR) is 78.8 cm³/mol. The van der Waals surface area contributed by atoms with E-state index in [2.05, 4.69) is 20.3 Å². The summed E-state index contributed by atoms with van der Waals surface area (Å²) in [4.78, 5) is 43.2. The number of esters is 1. The molecule has 8 heteroatoms. The number of methoxy groups -OCH3 is 1. The lowest BCUT2D eigenvalue weighted by Crippen LogP contribution is -2.40. The minimum absolute atomic E-state index is 0.295. The van der Waals surface area contributed by atoms with E-state index in [9.17, 15) is 14.4 Å². The second-order valence-corrected chi connectivity index (χ2v) is 5.77. The van der Waals surface area contributed by atoms with Gasteiger partial charge in [-0.05, 0) is 40.0 Å². The molecule has 0 saturated carbocycles. The smallest absolute Gasteiger partial charge is 0.438 e. The highest BCUT2D eigenvalue weighted by molar-refractivity contribution is 5.83. The van der Waals surface area contributed by atoms with Crippen molar-refractivity contribution in [1.29, 1.82) is 0 Å². The van der Waals surface area contributed by atoms with Crippen LogP contribution in [0.1, 0.15) is 47.0 Å². The monoisotopic (exact) mass is 318 g/mol. The largest absolute Gasteiger partial charge is 0.467 e. The van der Waals surface area contributed by atoms with Crippen molar-refractivity contribution in [3.8, 4) is 0 Å². The lowest BCUT2D eigenvalue weighted by atomic mass is 10.1. The zero-order chi connectivity index (χ0) is 17.2. The molecule has 0 spiro atoms. The number of nitrogens with one attached hydrogen (secondary N) is 2. The molecule has 0 aromatic carbocycles. The third kappa shape index (κ3) is 10.9. The number of amides is 2. The highest BCUT2D eigenvalue weighted by Crippen LogP contribution is 2.07. The van der Waals surface area contributed by atoms with E-state index in [1.165, 1.54) is 14.0 Å². The van der Waals surface area contributed by atoms with Crippen molar-refractivity contribution in [1.82, 2.24) is 10.6 Å². The molecule has 2 amide bonds. The van der Waals surface area contributed by atoms with Crippen molar-refractivity contribution in [3.05, 3.63) is 0 Å². The van der Waals surface area contributed by atoms with Gasteiger partial charge >= 0.3 is 12.1 Å². The van der Waals surface area contributed by atoms with Crippen LogP contribution < -0.4 is 10.6 Å². The summed E-state index contributed by atoms with van der Waals surface area (Å²) in [5.74, 6) is -0.780. The van der Waals surface area contributed by atoms with E-state index in [1.807, 2.05) is 0 Å². The van der Waals surface area contributed by atoms with Crippen molar-refractivity contribution >= 4 is 18.0 Å². The van der Waals surface area contributed by atoms with Gasteiger partial charge in [-0.25, -0.2) is 9.59 Å². The van der Waals surface area contributed by atoms with Gasteiger partial charge in [0.1, 0.15) is 11.6 Å². The van der Waals surface area contributed by atoms with Gasteiger partial charge in [-0.2, -0.15) is 4.89 Å². The minimum Gasteiger partial charge on any atom is -0.467 e. The Balaban J connectivity index is 3.87. The Morgan fingerprint density at radius 1 is 1.14 bits per heavy atom. The molecule has 8 nitrogen and oxygen atoms in total. The van der Waals surface area contributed by atoms with Crippen LogP contribution in [0.2, 0.25) is 0 Å². The predicted octanol–water partition coefficient (Wildman–Crippen LogP) is 1.29. The molecule has 0 fully saturated rings. The first-order chi connectivity index (χ1) is 10.2. The first kappa shape index (κ1) is 20.2. The zero-order valence-corrected chi connectivity index (χ0v) is 13.9. The van der Waals surface area contributed by atoms with E-state index in [1.54, 1.807) is 20.8 Å².